The van der Waals surface area contributed by atoms with E-state index in [0.717, 1.165) is 41.7 Å². The molecule has 4 rings (SSSR count). The maximum absolute atomic E-state index is 12.7. The van der Waals surface area contributed by atoms with E-state index in [1.54, 1.807) is 12.1 Å². The van der Waals surface area contributed by atoms with Crippen LogP contribution in [0.25, 0.3) is 11.5 Å². The maximum Gasteiger partial charge on any atom is 0.314 e. The lowest BCUT2D eigenvalue weighted by atomic mass is 10.1. The number of halogens is 2. The first-order chi connectivity index (χ1) is 15.4. The maximum atomic E-state index is 12.7. The van der Waals surface area contributed by atoms with E-state index in [9.17, 15) is 8.78 Å². The Morgan fingerprint density at radius 1 is 1.16 bits per heavy atom. The van der Waals surface area contributed by atoms with E-state index in [0.29, 0.717) is 17.8 Å². The minimum Gasteiger partial charge on any atom is -0.415 e. The summed E-state index contributed by atoms with van der Waals surface area (Å²) in [5, 5.41) is 7.09. The molecule has 168 valence electrons. The van der Waals surface area contributed by atoms with Crippen LogP contribution in [-0.4, -0.2) is 45.6 Å². The average Bonchev–Trinajstić information content (AvgIpc) is 3.29. The normalized spacial score (nSPS) is 14.7. The summed E-state index contributed by atoms with van der Waals surface area (Å²) >= 11 is 0. The number of nitrogens with zero attached hydrogens (tertiary/aromatic N) is 4. The second-order valence-corrected chi connectivity index (χ2v) is 9.59. The highest BCUT2D eigenvalue weighted by molar-refractivity contribution is 8.14. The quantitative estimate of drug-likeness (QED) is 0.408. The molecule has 0 bridgehead atoms. The van der Waals surface area contributed by atoms with Crippen molar-refractivity contribution in [2.45, 2.75) is 13.0 Å². The molecule has 1 aromatic heterocycles. The lowest BCUT2D eigenvalue weighted by Gasteiger charge is -2.38. The number of nitrogens with two attached hydrogens (primary N) is 1. The van der Waals surface area contributed by atoms with Gasteiger partial charge in [-0.3, -0.25) is 0 Å². The molecule has 0 spiro atoms. The first kappa shape index (κ1) is 22.0. The fourth-order valence-electron chi connectivity index (χ4n) is 3.52. The average molecular weight is 458 g/mol. The molecule has 6 nitrogen and oxygen atoms in total. The van der Waals surface area contributed by atoms with Gasteiger partial charge in [0.2, 0.25) is 5.89 Å². The third-order valence-corrected chi connectivity index (χ3v) is 6.85. The van der Waals surface area contributed by atoms with Crippen molar-refractivity contribution in [3.63, 3.8) is 0 Å². The van der Waals surface area contributed by atoms with Crippen LogP contribution in [-0.2, 0) is 6.54 Å². The largest absolute Gasteiger partial charge is 0.415 e. The summed E-state index contributed by atoms with van der Waals surface area (Å²) in [7, 11) is 0.213. The summed E-state index contributed by atoms with van der Waals surface area (Å²) in [6.45, 7) is 6.80. The Labute approximate surface area is 188 Å². The zero-order valence-corrected chi connectivity index (χ0v) is 18.4. The highest BCUT2D eigenvalue weighted by Gasteiger charge is 2.21. The molecule has 9 heteroatoms. The van der Waals surface area contributed by atoms with Gasteiger partial charge in [0, 0.05) is 48.1 Å². The Hall–Kier alpha value is -3.20. The predicted octanol–water partition coefficient (Wildman–Crippen LogP) is 4.75. The Morgan fingerprint density at radius 3 is 2.50 bits per heavy atom. The second kappa shape index (κ2) is 9.52. The van der Waals surface area contributed by atoms with E-state index in [1.807, 2.05) is 36.4 Å². The van der Waals surface area contributed by atoms with Gasteiger partial charge in [0.15, 0.2) is 0 Å². The van der Waals surface area contributed by atoms with Crippen LogP contribution in [0.1, 0.15) is 17.9 Å². The van der Waals surface area contributed by atoms with Crippen molar-refractivity contribution < 1.29 is 13.2 Å². The molecule has 1 aliphatic rings. The van der Waals surface area contributed by atoms with Crippen molar-refractivity contribution in [2.24, 2.45) is 0 Å². The van der Waals surface area contributed by atoms with Gasteiger partial charge >= 0.3 is 6.43 Å². The highest BCUT2D eigenvalue weighted by atomic mass is 32.2. The van der Waals surface area contributed by atoms with Gasteiger partial charge in [-0.05, 0) is 35.9 Å². The lowest BCUT2D eigenvalue weighted by molar-refractivity contribution is 0.116. The SMILES string of the molecule is C=C(N1CCS(=C)CC1)N(Cc1ccc(-c2nnc(C(F)F)o2)cc1)c1cccc(N)c1. The molecule has 32 heavy (non-hydrogen) atoms. The van der Waals surface area contributed by atoms with Crippen molar-refractivity contribution in [3.05, 3.63) is 72.4 Å². The summed E-state index contributed by atoms with van der Waals surface area (Å²) in [6.07, 6.45) is -2.79. The monoisotopic (exact) mass is 457 g/mol. The molecule has 1 saturated heterocycles. The van der Waals surface area contributed by atoms with Crippen molar-refractivity contribution in [3.8, 4) is 11.5 Å². The van der Waals surface area contributed by atoms with Crippen LogP contribution in [0, 0.1) is 0 Å². The zero-order valence-electron chi connectivity index (χ0n) is 17.6. The number of hydrogen-bond acceptors (Lipinski definition) is 6. The molecule has 2 N–H and O–H groups in total. The Bertz CT molecular complexity index is 1110. The molecule has 2 aromatic carbocycles. The minimum absolute atomic E-state index is 0.0702. The summed E-state index contributed by atoms with van der Waals surface area (Å²) in [4.78, 5) is 4.43. The van der Waals surface area contributed by atoms with Crippen molar-refractivity contribution in [1.29, 1.82) is 0 Å². The molecule has 0 unspecified atom stereocenters. The van der Waals surface area contributed by atoms with Crippen molar-refractivity contribution >= 4 is 27.7 Å². The molecule has 0 atom stereocenters. The van der Waals surface area contributed by atoms with Gasteiger partial charge in [0.05, 0.1) is 0 Å². The van der Waals surface area contributed by atoms with E-state index in [1.165, 1.54) is 0 Å². The van der Waals surface area contributed by atoms with Gasteiger partial charge in [0.25, 0.3) is 5.89 Å². The van der Waals surface area contributed by atoms with Gasteiger partial charge in [-0.2, -0.15) is 19.3 Å². The van der Waals surface area contributed by atoms with Crippen LogP contribution in [0.2, 0.25) is 0 Å². The Morgan fingerprint density at radius 2 is 1.88 bits per heavy atom. The lowest BCUT2D eigenvalue weighted by Crippen LogP contribution is -2.40. The molecule has 3 aromatic rings. The number of hydrogen-bond donors (Lipinski definition) is 1. The molecule has 1 aliphatic heterocycles. The number of alkyl halides is 2. The summed E-state index contributed by atoms with van der Waals surface area (Å²) in [6, 6.07) is 15.1. The minimum atomic E-state index is -2.79. The zero-order chi connectivity index (χ0) is 22.7. The van der Waals surface area contributed by atoms with E-state index >= 15 is 0 Å². The molecule has 2 heterocycles. The molecule has 0 radical (unpaired) electrons. The highest BCUT2D eigenvalue weighted by Crippen LogP contribution is 2.29. The molecular formula is C23H25F2N5OS. The number of anilines is 2. The standard InChI is InChI=1S/C23H25F2N5OS/c1-16(29-10-12-32(2)13-11-29)30(20-5-3-4-19(26)14-20)15-17-6-8-18(9-7-17)22-27-28-23(31-22)21(24)25/h3-9,14,21H,1-2,10-13,15,26H2. The van der Waals surface area contributed by atoms with Gasteiger partial charge < -0.3 is 20.0 Å². The van der Waals surface area contributed by atoms with E-state index in [2.05, 4.69) is 32.4 Å². The Balaban J connectivity index is 1.56. The van der Waals surface area contributed by atoms with Crippen LogP contribution < -0.4 is 10.6 Å². The predicted molar refractivity (Wildman–Crippen MR) is 127 cm³/mol. The van der Waals surface area contributed by atoms with Gasteiger partial charge in [-0.1, -0.05) is 30.6 Å². The van der Waals surface area contributed by atoms with Crippen LogP contribution in [0.5, 0.6) is 0 Å². The summed E-state index contributed by atoms with van der Waals surface area (Å²) in [5.41, 5.74) is 9.27. The fourth-order valence-corrected chi connectivity index (χ4v) is 4.68. The molecule has 0 aliphatic carbocycles. The third kappa shape index (κ3) is 4.99. The molecule has 0 amide bonds. The first-order valence-corrected chi connectivity index (χ1v) is 11.9. The van der Waals surface area contributed by atoms with E-state index in [-0.39, 0.29) is 16.4 Å². The number of benzene rings is 2. The van der Waals surface area contributed by atoms with Crippen LogP contribution >= 0.6 is 10.5 Å². The second-order valence-electron chi connectivity index (χ2n) is 7.55. The van der Waals surface area contributed by atoms with Crippen molar-refractivity contribution in [2.75, 3.05) is 35.2 Å². The molecule has 0 saturated carbocycles. The van der Waals surface area contributed by atoms with Gasteiger partial charge in [-0.15, -0.1) is 10.2 Å². The fraction of sp³-hybridized carbons (Fsp3) is 0.261. The number of rotatable bonds is 7. The summed E-state index contributed by atoms with van der Waals surface area (Å²) in [5.74, 6) is 6.62. The smallest absolute Gasteiger partial charge is 0.314 e. The topological polar surface area (TPSA) is 71.4 Å². The van der Waals surface area contributed by atoms with Crippen molar-refractivity contribution in [1.82, 2.24) is 15.1 Å². The Kier molecular flexibility index (Phi) is 6.55. The third-order valence-electron chi connectivity index (χ3n) is 5.33. The molecular weight excluding hydrogens is 432 g/mol. The van der Waals surface area contributed by atoms with E-state index in [4.69, 9.17) is 10.2 Å². The number of aromatic nitrogens is 2. The van der Waals surface area contributed by atoms with E-state index < -0.39 is 12.3 Å². The van der Waals surface area contributed by atoms with Crippen LogP contribution in [0.4, 0.5) is 20.2 Å². The van der Waals surface area contributed by atoms with Gasteiger partial charge in [-0.25, -0.2) is 0 Å². The first-order valence-electron chi connectivity index (χ1n) is 10.2. The van der Waals surface area contributed by atoms with Crippen LogP contribution in [0.3, 0.4) is 0 Å². The van der Waals surface area contributed by atoms with Gasteiger partial charge in [0.1, 0.15) is 5.82 Å². The summed E-state index contributed by atoms with van der Waals surface area (Å²) < 4.78 is 30.5. The van der Waals surface area contributed by atoms with Crippen LogP contribution in [0.15, 0.2) is 65.3 Å². The number of nitrogen functional groups attached to an aromatic ring is 1. The molecule has 1 fully saturated rings.